The minimum atomic E-state index is -0.0265. The Morgan fingerprint density at radius 2 is 1.85 bits per heavy atom. The van der Waals surface area contributed by atoms with Crippen molar-refractivity contribution in [2.75, 3.05) is 11.6 Å². The molecule has 0 spiro atoms. The molecule has 0 bridgehead atoms. The molecule has 1 amide bonds. The zero-order valence-electron chi connectivity index (χ0n) is 12.3. The monoisotopic (exact) mass is 292 g/mol. The van der Waals surface area contributed by atoms with E-state index in [1.165, 1.54) is 38.2 Å². The van der Waals surface area contributed by atoms with E-state index in [2.05, 4.69) is 29.0 Å². The molecule has 0 heterocycles. The highest BCUT2D eigenvalue weighted by Gasteiger charge is 2.19. The third kappa shape index (κ3) is 4.84. The van der Waals surface area contributed by atoms with E-state index in [0.29, 0.717) is 6.04 Å². The molecule has 3 nitrogen and oxygen atoms in total. The van der Waals surface area contributed by atoms with Crippen LogP contribution in [0.4, 0.5) is 5.69 Å². The largest absolute Gasteiger partial charge is 0.326 e. The SMILES string of the molecule is CSC1CCC(NCc2ccc(NC(C)=O)cc2)CC1. The summed E-state index contributed by atoms with van der Waals surface area (Å²) in [6.45, 7) is 2.44. The lowest BCUT2D eigenvalue weighted by molar-refractivity contribution is -0.114. The van der Waals surface area contributed by atoms with Gasteiger partial charge in [0.2, 0.25) is 5.91 Å². The van der Waals surface area contributed by atoms with Gasteiger partial charge in [-0.05, 0) is 49.6 Å². The first-order valence-electron chi connectivity index (χ1n) is 7.30. The van der Waals surface area contributed by atoms with E-state index in [1.807, 2.05) is 23.9 Å². The Morgan fingerprint density at radius 3 is 2.40 bits per heavy atom. The van der Waals surface area contributed by atoms with Gasteiger partial charge in [0.15, 0.2) is 0 Å². The number of rotatable bonds is 5. The molecule has 0 aliphatic heterocycles. The van der Waals surface area contributed by atoms with Crippen LogP contribution in [0.25, 0.3) is 0 Å². The second-order valence-electron chi connectivity index (χ2n) is 5.47. The molecule has 0 aromatic heterocycles. The molecule has 1 fully saturated rings. The molecule has 0 saturated heterocycles. The summed E-state index contributed by atoms with van der Waals surface area (Å²) in [5.74, 6) is -0.0265. The summed E-state index contributed by atoms with van der Waals surface area (Å²) in [7, 11) is 0. The van der Waals surface area contributed by atoms with Crippen molar-refractivity contribution in [2.24, 2.45) is 0 Å². The molecule has 110 valence electrons. The maximum Gasteiger partial charge on any atom is 0.221 e. The molecule has 0 atom stereocenters. The first kappa shape index (κ1) is 15.4. The van der Waals surface area contributed by atoms with Crippen molar-refractivity contribution in [1.82, 2.24) is 5.32 Å². The van der Waals surface area contributed by atoms with Gasteiger partial charge >= 0.3 is 0 Å². The topological polar surface area (TPSA) is 41.1 Å². The fourth-order valence-electron chi connectivity index (χ4n) is 2.67. The molecular weight excluding hydrogens is 268 g/mol. The Morgan fingerprint density at radius 1 is 1.20 bits per heavy atom. The van der Waals surface area contributed by atoms with Gasteiger partial charge in [-0.2, -0.15) is 11.8 Å². The number of hydrogen-bond acceptors (Lipinski definition) is 3. The average Bonchev–Trinajstić information content (AvgIpc) is 2.46. The molecule has 2 rings (SSSR count). The van der Waals surface area contributed by atoms with E-state index in [9.17, 15) is 4.79 Å². The van der Waals surface area contributed by atoms with Crippen LogP contribution in [0.15, 0.2) is 24.3 Å². The highest BCUT2D eigenvalue weighted by atomic mass is 32.2. The fourth-order valence-corrected chi connectivity index (χ4v) is 3.42. The molecule has 1 aliphatic rings. The summed E-state index contributed by atoms with van der Waals surface area (Å²) < 4.78 is 0. The van der Waals surface area contributed by atoms with Crippen LogP contribution >= 0.6 is 11.8 Å². The first-order valence-corrected chi connectivity index (χ1v) is 8.59. The fraction of sp³-hybridized carbons (Fsp3) is 0.562. The normalized spacial score (nSPS) is 22.5. The van der Waals surface area contributed by atoms with E-state index in [4.69, 9.17) is 0 Å². The predicted octanol–water partition coefficient (Wildman–Crippen LogP) is 3.41. The van der Waals surface area contributed by atoms with E-state index < -0.39 is 0 Å². The van der Waals surface area contributed by atoms with Crippen molar-refractivity contribution in [3.63, 3.8) is 0 Å². The Bertz CT molecular complexity index is 425. The lowest BCUT2D eigenvalue weighted by Gasteiger charge is -2.28. The van der Waals surface area contributed by atoms with E-state index in [-0.39, 0.29) is 5.91 Å². The summed E-state index contributed by atoms with van der Waals surface area (Å²) in [4.78, 5) is 11.0. The van der Waals surface area contributed by atoms with Crippen LogP contribution in [0.5, 0.6) is 0 Å². The van der Waals surface area contributed by atoms with E-state index in [1.54, 1.807) is 0 Å². The number of thioether (sulfide) groups is 1. The molecule has 1 aliphatic carbocycles. The number of hydrogen-bond donors (Lipinski definition) is 2. The van der Waals surface area contributed by atoms with Gasteiger partial charge in [-0.15, -0.1) is 0 Å². The van der Waals surface area contributed by atoms with Gasteiger partial charge in [0.1, 0.15) is 0 Å². The highest BCUT2D eigenvalue weighted by Crippen LogP contribution is 2.27. The molecular formula is C16H24N2OS. The standard InChI is InChI=1S/C16H24N2OS/c1-12(19)18-15-5-3-13(4-6-15)11-17-14-7-9-16(20-2)10-8-14/h3-6,14,16-17H,7-11H2,1-2H3,(H,18,19). The molecule has 0 radical (unpaired) electrons. The van der Waals surface area contributed by atoms with Gasteiger partial charge in [-0.3, -0.25) is 4.79 Å². The van der Waals surface area contributed by atoms with Crippen molar-refractivity contribution >= 4 is 23.4 Å². The molecule has 1 aromatic carbocycles. The molecule has 4 heteroatoms. The smallest absolute Gasteiger partial charge is 0.221 e. The molecule has 0 unspecified atom stereocenters. The van der Waals surface area contributed by atoms with Crippen LogP contribution in [0.3, 0.4) is 0 Å². The average molecular weight is 292 g/mol. The van der Waals surface area contributed by atoms with Crippen LogP contribution in [0.2, 0.25) is 0 Å². The highest BCUT2D eigenvalue weighted by molar-refractivity contribution is 7.99. The summed E-state index contributed by atoms with van der Waals surface area (Å²) >= 11 is 2.01. The predicted molar refractivity (Wildman–Crippen MR) is 87.1 cm³/mol. The zero-order chi connectivity index (χ0) is 14.4. The second-order valence-corrected chi connectivity index (χ2v) is 6.61. The lowest BCUT2D eigenvalue weighted by atomic mass is 9.95. The Kier molecular flexibility index (Phi) is 5.92. The quantitative estimate of drug-likeness (QED) is 0.874. The van der Waals surface area contributed by atoms with Gasteiger partial charge in [-0.1, -0.05) is 12.1 Å². The summed E-state index contributed by atoms with van der Waals surface area (Å²) in [5, 5.41) is 7.30. The minimum Gasteiger partial charge on any atom is -0.326 e. The summed E-state index contributed by atoms with van der Waals surface area (Å²) in [5.41, 5.74) is 2.13. The van der Waals surface area contributed by atoms with Gasteiger partial charge < -0.3 is 10.6 Å². The summed E-state index contributed by atoms with van der Waals surface area (Å²) in [6.07, 6.45) is 7.46. The number of benzene rings is 1. The van der Waals surface area contributed by atoms with Crippen molar-refractivity contribution in [1.29, 1.82) is 0 Å². The number of anilines is 1. The van der Waals surface area contributed by atoms with Crippen molar-refractivity contribution in [3.05, 3.63) is 29.8 Å². The molecule has 20 heavy (non-hydrogen) atoms. The third-order valence-corrected chi connectivity index (χ3v) is 5.01. The Hall–Kier alpha value is -1.00. The second kappa shape index (κ2) is 7.70. The van der Waals surface area contributed by atoms with Crippen LogP contribution in [0, 0.1) is 0 Å². The van der Waals surface area contributed by atoms with Crippen molar-refractivity contribution < 1.29 is 4.79 Å². The Labute approximate surface area is 125 Å². The van der Waals surface area contributed by atoms with Crippen LogP contribution in [-0.4, -0.2) is 23.5 Å². The third-order valence-electron chi connectivity index (χ3n) is 3.88. The van der Waals surface area contributed by atoms with Gasteiger partial charge in [0.05, 0.1) is 0 Å². The number of amides is 1. The first-order chi connectivity index (χ1) is 9.67. The van der Waals surface area contributed by atoms with Crippen LogP contribution < -0.4 is 10.6 Å². The van der Waals surface area contributed by atoms with Crippen molar-refractivity contribution in [3.8, 4) is 0 Å². The molecule has 1 saturated carbocycles. The van der Waals surface area contributed by atoms with Gasteiger partial charge in [-0.25, -0.2) is 0 Å². The van der Waals surface area contributed by atoms with Crippen LogP contribution in [-0.2, 0) is 11.3 Å². The lowest BCUT2D eigenvalue weighted by Crippen LogP contribution is -2.33. The van der Waals surface area contributed by atoms with Crippen LogP contribution in [0.1, 0.15) is 38.2 Å². The van der Waals surface area contributed by atoms with E-state index >= 15 is 0 Å². The molecule has 1 aromatic rings. The maximum atomic E-state index is 11.0. The maximum absolute atomic E-state index is 11.0. The van der Waals surface area contributed by atoms with Crippen molar-refractivity contribution in [2.45, 2.75) is 50.4 Å². The number of carbonyl (C=O) groups excluding carboxylic acids is 1. The number of carbonyl (C=O) groups is 1. The van der Waals surface area contributed by atoms with E-state index in [0.717, 1.165) is 17.5 Å². The number of nitrogens with one attached hydrogen (secondary N) is 2. The summed E-state index contributed by atoms with van der Waals surface area (Å²) in [6, 6.07) is 8.73. The van der Waals surface area contributed by atoms with Gasteiger partial charge in [0, 0.05) is 30.4 Å². The molecule has 2 N–H and O–H groups in total. The van der Waals surface area contributed by atoms with Gasteiger partial charge in [0.25, 0.3) is 0 Å². The zero-order valence-corrected chi connectivity index (χ0v) is 13.1. The Balaban J connectivity index is 1.75. The minimum absolute atomic E-state index is 0.0265.